The minimum Gasteiger partial charge on any atom is -0.484 e. The van der Waals surface area contributed by atoms with Crippen molar-refractivity contribution >= 4 is 17.8 Å². The predicted octanol–water partition coefficient (Wildman–Crippen LogP) is 5.71. The molecule has 0 saturated carbocycles. The standard InChI is InChI=1S/C24H21F3N2O2/c1-17(19-6-3-2-4-7-19)29-23(30)16-31-22-12-10-18(11-13-22)15-28-21-9-5-8-20(14-21)24(25,26)27/h2-15,17H,16H2,1H3,(H,29,30)/t17-/m1/s1. The highest BCUT2D eigenvalue weighted by atomic mass is 19.4. The molecule has 0 aromatic heterocycles. The molecule has 0 fully saturated rings. The van der Waals surface area contributed by atoms with Crippen molar-refractivity contribution in [1.82, 2.24) is 5.32 Å². The number of ether oxygens (including phenoxy) is 1. The molecule has 3 aromatic carbocycles. The Bertz CT molecular complexity index is 1030. The summed E-state index contributed by atoms with van der Waals surface area (Å²) in [5, 5.41) is 2.87. The Morgan fingerprint density at radius 3 is 2.42 bits per heavy atom. The first-order valence-electron chi connectivity index (χ1n) is 9.60. The molecule has 4 nitrogen and oxygen atoms in total. The highest BCUT2D eigenvalue weighted by Crippen LogP contribution is 2.31. The Balaban J connectivity index is 1.52. The lowest BCUT2D eigenvalue weighted by molar-refractivity contribution is -0.137. The zero-order valence-corrected chi connectivity index (χ0v) is 16.8. The average molecular weight is 426 g/mol. The normalized spacial score (nSPS) is 12.5. The van der Waals surface area contributed by atoms with Crippen molar-refractivity contribution in [3.05, 3.63) is 95.6 Å². The Labute approximate surface area is 178 Å². The van der Waals surface area contributed by atoms with Crippen molar-refractivity contribution in [1.29, 1.82) is 0 Å². The van der Waals surface area contributed by atoms with E-state index in [4.69, 9.17) is 4.74 Å². The van der Waals surface area contributed by atoms with Gasteiger partial charge in [0.05, 0.1) is 17.3 Å². The van der Waals surface area contributed by atoms with Crippen LogP contribution in [-0.4, -0.2) is 18.7 Å². The predicted molar refractivity (Wildman–Crippen MR) is 114 cm³/mol. The molecule has 0 bridgehead atoms. The summed E-state index contributed by atoms with van der Waals surface area (Å²) < 4.78 is 43.8. The SMILES string of the molecule is C[C@@H](NC(=O)COc1ccc(C=Nc2cccc(C(F)(F)F)c2)cc1)c1ccccc1. The van der Waals surface area contributed by atoms with Gasteiger partial charge in [-0.1, -0.05) is 36.4 Å². The second-order valence-electron chi connectivity index (χ2n) is 6.86. The third kappa shape index (κ3) is 6.70. The minimum absolute atomic E-state index is 0.130. The van der Waals surface area contributed by atoms with Gasteiger partial charge < -0.3 is 10.1 Å². The molecule has 0 aliphatic carbocycles. The van der Waals surface area contributed by atoms with Crippen molar-refractivity contribution in [3.8, 4) is 5.75 Å². The molecule has 0 heterocycles. The Kier molecular flexibility index (Phi) is 7.07. The second-order valence-corrected chi connectivity index (χ2v) is 6.86. The number of nitrogens with zero attached hydrogens (tertiary/aromatic N) is 1. The summed E-state index contributed by atoms with van der Waals surface area (Å²) >= 11 is 0. The van der Waals surface area contributed by atoms with E-state index in [1.807, 2.05) is 37.3 Å². The van der Waals surface area contributed by atoms with E-state index in [1.54, 1.807) is 24.3 Å². The van der Waals surface area contributed by atoms with E-state index >= 15 is 0 Å². The highest BCUT2D eigenvalue weighted by Gasteiger charge is 2.30. The summed E-state index contributed by atoms with van der Waals surface area (Å²) in [5.74, 6) is 0.255. The van der Waals surface area contributed by atoms with Crippen LogP contribution in [0.25, 0.3) is 0 Å². The fourth-order valence-electron chi connectivity index (χ4n) is 2.82. The first-order valence-corrected chi connectivity index (χ1v) is 9.60. The molecule has 3 rings (SSSR count). The quantitative estimate of drug-likeness (QED) is 0.492. The first-order chi connectivity index (χ1) is 14.8. The summed E-state index contributed by atoms with van der Waals surface area (Å²) in [5.41, 5.74) is 1.15. The van der Waals surface area contributed by atoms with Crippen molar-refractivity contribution in [2.45, 2.75) is 19.1 Å². The number of rotatable bonds is 7. The van der Waals surface area contributed by atoms with Crippen molar-refractivity contribution in [2.24, 2.45) is 4.99 Å². The maximum Gasteiger partial charge on any atom is 0.416 e. The van der Waals surface area contributed by atoms with E-state index in [0.717, 1.165) is 17.7 Å². The molecule has 0 spiro atoms. The van der Waals surface area contributed by atoms with Crippen LogP contribution < -0.4 is 10.1 Å². The summed E-state index contributed by atoms with van der Waals surface area (Å²) in [4.78, 5) is 16.2. The van der Waals surface area contributed by atoms with Crippen LogP contribution in [0.3, 0.4) is 0 Å². The van der Waals surface area contributed by atoms with Gasteiger partial charge in [0.1, 0.15) is 5.75 Å². The van der Waals surface area contributed by atoms with Crippen LogP contribution >= 0.6 is 0 Å². The fraction of sp³-hybridized carbons (Fsp3) is 0.167. The number of alkyl halides is 3. The third-order valence-corrected chi connectivity index (χ3v) is 4.46. The third-order valence-electron chi connectivity index (χ3n) is 4.46. The molecule has 3 aromatic rings. The maximum atomic E-state index is 12.8. The van der Waals surface area contributed by atoms with Crippen LogP contribution in [0.5, 0.6) is 5.75 Å². The van der Waals surface area contributed by atoms with Crippen LogP contribution in [0, 0.1) is 0 Å². The van der Waals surface area contributed by atoms with Gasteiger partial charge in [-0.3, -0.25) is 9.79 Å². The molecule has 0 aliphatic rings. The van der Waals surface area contributed by atoms with E-state index < -0.39 is 11.7 Å². The van der Waals surface area contributed by atoms with Gasteiger partial charge in [-0.15, -0.1) is 0 Å². The van der Waals surface area contributed by atoms with Gasteiger partial charge in [0.15, 0.2) is 6.61 Å². The molecular weight excluding hydrogens is 405 g/mol. The first kappa shape index (κ1) is 22.1. The molecule has 1 atom stereocenters. The fourth-order valence-corrected chi connectivity index (χ4v) is 2.82. The lowest BCUT2D eigenvalue weighted by Gasteiger charge is -2.14. The second kappa shape index (κ2) is 9.93. The smallest absolute Gasteiger partial charge is 0.416 e. The van der Waals surface area contributed by atoms with E-state index in [9.17, 15) is 18.0 Å². The molecule has 1 amide bonds. The molecule has 0 radical (unpaired) electrons. The van der Waals surface area contributed by atoms with E-state index in [-0.39, 0.29) is 24.2 Å². The van der Waals surface area contributed by atoms with Crippen LogP contribution in [0.15, 0.2) is 83.9 Å². The molecule has 1 N–H and O–H groups in total. The van der Waals surface area contributed by atoms with Gasteiger partial charge in [0.2, 0.25) is 0 Å². The minimum atomic E-state index is -4.41. The molecule has 0 saturated heterocycles. The van der Waals surface area contributed by atoms with Gasteiger partial charge >= 0.3 is 6.18 Å². The molecule has 31 heavy (non-hydrogen) atoms. The van der Waals surface area contributed by atoms with Crippen molar-refractivity contribution in [2.75, 3.05) is 6.61 Å². The number of aliphatic imine (C=N–C) groups is 1. The summed E-state index contributed by atoms with van der Waals surface area (Å²) in [6.07, 6.45) is -2.94. The Morgan fingerprint density at radius 2 is 1.74 bits per heavy atom. The molecular formula is C24H21F3N2O2. The summed E-state index contributed by atoms with van der Waals surface area (Å²) in [6.45, 7) is 1.76. The maximum absolute atomic E-state index is 12.8. The number of benzene rings is 3. The van der Waals surface area contributed by atoms with Gasteiger partial charge in [-0.2, -0.15) is 13.2 Å². The summed E-state index contributed by atoms with van der Waals surface area (Å²) in [7, 11) is 0. The largest absolute Gasteiger partial charge is 0.484 e. The molecule has 0 unspecified atom stereocenters. The van der Waals surface area contributed by atoms with Gasteiger partial charge in [0.25, 0.3) is 5.91 Å². The lowest BCUT2D eigenvalue weighted by atomic mass is 10.1. The number of hydrogen-bond donors (Lipinski definition) is 1. The monoisotopic (exact) mass is 426 g/mol. The van der Waals surface area contributed by atoms with Gasteiger partial charge in [0, 0.05) is 6.21 Å². The molecule has 0 aliphatic heterocycles. The number of amides is 1. The van der Waals surface area contributed by atoms with Crippen molar-refractivity contribution < 1.29 is 22.7 Å². The topological polar surface area (TPSA) is 50.7 Å². The van der Waals surface area contributed by atoms with Gasteiger partial charge in [-0.05, 0) is 60.5 Å². The van der Waals surface area contributed by atoms with E-state index in [0.29, 0.717) is 11.3 Å². The van der Waals surface area contributed by atoms with E-state index in [2.05, 4.69) is 10.3 Å². The van der Waals surface area contributed by atoms with Crippen LogP contribution in [0.2, 0.25) is 0 Å². The Hall–Kier alpha value is -3.61. The number of nitrogens with one attached hydrogen (secondary N) is 1. The van der Waals surface area contributed by atoms with Gasteiger partial charge in [-0.25, -0.2) is 0 Å². The zero-order valence-electron chi connectivity index (χ0n) is 16.8. The molecule has 7 heteroatoms. The Morgan fingerprint density at radius 1 is 1.03 bits per heavy atom. The number of carbonyl (C=O) groups is 1. The lowest BCUT2D eigenvalue weighted by Crippen LogP contribution is -2.31. The molecule has 160 valence electrons. The number of hydrogen-bond acceptors (Lipinski definition) is 3. The highest BCUT2D eigenvalue weighted by molar-refractivity contribution is 5.82. The van der Waals surface area contributed by atoms with Crippen molar-refractivity contribution in [3.63, 3.8) is 0 Å². The van der Waals surface area contributed by atoms with Crippen LogP contribution in [-0.2, 0) is 11.0 Å². The average Bonchev–Trinajstić information content (AvgIpc) is 2.77. The number of carbonyl (C=O) groups excluding carboxylic acids is 1. The summed E-state index contributed by atoms with van der Waals surface area (Å²) in [6, 6.07) is 21.0. The van der Waals surface area contributed by atoms with Crippen LogP contribution in [0.1, 0.15) is 29.7 Å². The van der Waals surface area contributed by atoms with Crippen LogP contribution in [0.4, 0.5) is 18.9 Å². The number of halogens is 3. The zero-order chi connectivity index (χ0) is 22.3. The van der Waals surface area contributed by atoms with E-state index in [1.165, 1.54) is 18.3 Å².